The van der Waals surface area contributed by atoms with E-state index in [9.17, 15) is 14.7 Å². The number of H-pyrrole nitrogens is 1. The molecule has 1 fully saturated rings. The van der Waals surface area contributed by atoms with E-state index in [-0.39, 0.29) is 18.4 Å². The first kappa shape index (κ1) is 16.5. The van der Waals surface area contributed by atoms with Gasteiger partial charge in [0.25, 0.3) is 5.91 Å². The van der Waals surface area contributed by atoms with Crippen LogP contribution in [-0.2, 0) is 16.1 Å². The molecular formula is C18H23N3O3. The molecule has 0 bridgehead atoms. The van der Waals surface area contributed by atoms with Gasteiger partial charge in [0.15, 0.2) is 0 Å². The fourth-order valence-corrected chi connectivity index (χ4v) is 3.11. The monoisotopic (exact) mass is 329 g/mol. The number of fused-ring (bicyclic) bond motifs is 1. The van der Waals surface area contributed by atoms with Crippen molar-refractivity contribution in [2.24, 2.45) is 0 Å². The molecule has 2 aromatic rings. The number of nitrogens with one attached hydrogen (secondary N) is 2. The van der Waals surface area contributed by atoms with Crippen LogP contribution in [0.3, 0.4) is 0 Å². The van der Waals surface area contributed by atoms with Crippen molar-refractivity contribution in [3.63, 3.8) is 0 Å². The lowest BCUT2D eigenvalue weighted by molar-refractivity contribution is -0.142. The smallest absolute Gasteiger partial charge is 0.251 e. The Morgan fingerprint density at radius 1 is 1.38 bits per heavy atom. The average molecular weight is 329 g/mol. The second-order valence-electron chi connectivity index (χ2n) is 6.42. The molecule has 3 N–H and O–H groups in total. The third kappa shape index (κ3) is 3.76. The fraction of sp³-hybridized carbons (Fsp3) is 0.444. The van der Waals surface area contributed by atoms with Gasteiger partial charge in [-0.25, -0.2) is 0 Å². The van der Waals surface area contributed by atoms with Gasteiger partial charge in [-0.2, -0.15) is 0 Å². The van der Waals surface area contributed by atoms with Crippen molar-refractivity contribution in [3.05, 3.63) is 35.5 Å². The van der Waals surface area contributed by atoms with Crippen LogP contribution < -0.4 is 5.32 Å². The lowest BCUT2D eigenvalue weighted by atomic mass is 10.1. The van der Waals surface area contributed by atoms with Crippen molar-refractivity contribution in [3.8, 4) is 0 Å². The normalized spacial score (nSPS) is 18.7. The number of hydrogen-bond donors (Lipinski definition) is 3. The Morgan fingerprint density at radius 3 is 3.04 bits per heavy atom. The van der Waals surface area contributed by atoms with E-state index in [1.54, 1.807) is 0 Å². The van der Waals surface area contributed by atoms with E-state index < -0.39 is 6.10 Å². The summed E-state index contributed by atoms with van der Waals surface area (Å²) in [6.45, 7) is 2.96. The highest BCUT2D eigenvalue weighted by molar-refractivity contribution is 5.87. The molecule has 0 saturated carbocycles. The fourth-order valence-electron chi connectivity index (χ4n) is 3.11. The predicted octanol–water partition coefficient (Wildman–Crippen LogP) is 1.47. The number of likely N-dealkylation sites (tertiary alicyclic amines) is 1. The highest BCUT2D eigenvalue weighted by Gasteiger charge is 2.26. The largest absolute Gasteiger partial charge is 0.383 e. The van der Waals surface area contributed by atoms with Gasteiger partial charge < -0.3 is 20.3 Å². The van der Waals surface area contributed by atoms with E-state index in [0.717, 1.165) is 35.0 Å². The van der Waals surface area contributed by atoms with Crippen LogP contribution in [0.1, 0.15) is 30.5 Å². The van der Waals surface area contributed by atoms with Crippen LogP contribution in [0.25, 0.3) is 10.9 Å². The summed E-state index contributed by atoms with van der Waals surface area (Å²) < 4.78 is 0. The molecule has 0 spiro atoms. The Morgan fingerprint density at radius 2 is 2.21 bits per heavy atom. The lowest BCUT2D eigenvalue weighted by Gasteiger charge is -2.21. The summed E-state index contributed by atoms with van der Waals surface area (Å²) in [6, 6.07) is 8.08. The highest BCUT2D eigenvalue weighted by Crippen LogP contribution is 2.17. The van der Waals surface area contributed by atoms with Gasteiger partial charge in [-0.05, 0) is 55.3 Å². The molecule has 0 aliphatic carbocycles. The minimum atomic E-state index is -0.973. The summed E-state index contributed by atoms with van der Waals surface area (Å²) in [4.78, 5) is 28.8. The zero-order valence-electron chi connectivity index (χ0n) is 13.8. The molecule has 2 heterocycles. The van der Waals surface area contributed by atoms with Crippen molar-refractivity contribution >= 4 is 22.7 Å². The lowest BCUT2D eigenvalue weighted by Crippen LogP contribution is -2.44. The van der Waals surface area contributed by atoms with E-state index in [1.165, 1.54) is 4.90 Å². The Balaban J connectivity index is 1.57. The maximum atomic E-state index is 12.1. The SMILES string of the molecule is Cc1cc2cc(CNC(=O)CN3CCCCC(O)C3=O)ccc2[nH]1. The number of hydrogen-bond acceptors (Lipinski definition) is 3. The van der Waals surface area contributed by atoms with Gasteiger partial charge in [-0.1, -0.05) is 6.07 Å². The van der Waals surface area contributed by atoms with Crippen LogP contribution in [-0.4, -0.2) is 46.0 Å². The number of aromatic nitrogens is 1. The molecule has 3 rings (SSSR count). The van der Waals surface area contributed by atoms with Crippen LogP contribution in [0, 0.1) is 6.92 Å². The number of rotatable bonds is 4. The zero-order chi connectivity index (χ0) is 17.1. The number of aryl methyl sites for hydroxylation is 1. The van der Waals surface area contributed by atoms with Gasteiger partial charge in [-0.15, -0.1) is 0 Å². The van der Waals surface area contributed by atoms with Crippen molar-refractivity contribution in [1.29, 1.82) is 0 Å². The number of aliphatic hydroxyl groups is 1. The summed E-state index contributed by atoms with van der Waals surface area (Å²) in [5, 5.41) is 13.7. The number of carbonyl (C=O) groups excluding carboxylic acids is 2. The first-order valence-electron chi connectivity index (χ1n) is 8.35. The van der Waals surface area contributed by atoms with Crippen molar-refractivity contribution in [1.82, 2.24) is 15.2 Å². The van der Waals surface area contributed by atoms with E-state index in [1.807, 2.05) is 25.1 Å². The number of benzene rings is 1. The van der Waals surface area contributed by atoms with Crippen LogP contribution in [0.2, 0.25) is 0 Å². The molecule has 1 unspecified atom stereocenters. The number of aromatic amines is 1. The van der Waals surface area contributed by atoms with Gasteiger partial charge in [-0.3, -0.25) is 9.59 Å². The Bertz CT molecular complexity index is 753. The van der Waals surface area contributed by atoms with Gasteiger partial charge >= 0.3 is 0 Å². The van der Waals surface area contributed by atoms with E-state index in [4.69, 9.17) is 0 Å². The summed E-state index contributed by atoms with van der Waals surface area (Å²) in [6.07, 6.45) is 1.13. The molecule has 2 amide bonds. The van der Waals surface area contributed by atoms with Crippen LogP contribution in [0.4, 0.5) is 0 Å². The van der Waals surface area contributed by atoms with Crippen LogP contribution >= 0.6 is 0 Å². The molecule has 1 aliphatic rings. The van der Waals surface area contributed by atoms with Gasteiger partial charge in [0.05, 0.1) is 6.54 Å². The minimum absolute atomic E-state index is 0.00139. The van der Waals surface area contributed by atoms with E-state index in [2.05, 4.69) is 16.4 Å². The quantitative estimate of drug-likeness (QED) is 0.794. The predicted molar refractivity (Wildman–Crippen MR) is 91.3 cm³/mol. The molecule has 0 radical (unpaired) electrons. The van der Waals surface area contributed by atoms with Crippen LogP contribution in [0.5, 0.6) is 0 Å². The Labute approximate surface area is 140 Å². The molecule has 6 nitrogen and oxygen atoms in total. The summed E-state index contributed by atoms with van der Waals surface area (Å²) in [7, 11) is 0. The van der Waals surface area contributed by atoms with E-state index in [0.29, 0.717) is 19.5 Å². The number of carbonyl (C=O) groups is 2. The van der Waals surface area contributed by atoms with E-state index >= 15 is 0 Å². The number of aliphatic hydroxyl groups excluding tert-OH is 1. The number of nitrogens with zero attached hydrogens (tertiary/aromatic N) is 1. The first-order chi connectivity index (χ1) is 11.5. The molecule has 1 atom stereocenters. The highest BCUT2D eigenvalue weighted by atomic mass is 16.3. The molecule has 24 heavy (non-hydrogen) atoms. The Hall–Kier alpha value is -2.34. The molecule has 1 saturated heterocycles. The third-order valence-electron chi connectivity index (χ3n) is 4.40. The minimum Gasteiger partial charge on any atom is -0.383 e. The first-order valence-corrected chi connectivity index (χ1v) is 8.35. The molecular weight excluding hydrogens is 306 g/mol. The molecule has 128 valence electrons. The second kappa shape index (κ2) is 7.05. The summed E-state index contributed by atoms with van der Waals surface area (Å²) in [5.41, 5.74) is 3.19. The van der Waals surface area contributed by atoms with Crippen molar-refractivity contribution < 1.29 is 14.7 Å². The maximum Gasteiger partial charge on any atom is 0.251 e. The van der Waals surface area contributed by atoms with Gasteiger partial charge in [0, 0.05) is 24.3 Å². The second-order valence-corrected chi connectivity index (χ2v) is 6.42. The standard InChI is InChI=1S/C18H23N3O3/c1-12-8-14-9-13(5-6-15(14)20-12)10-19-17(23)11-21-7-3-2-4-16(22)18(21)24/h5-6,8-9,16,20,22H,2-4,7,10-11H2,1H3,(H,19,23). The van der Waals surface area contributed by atoms with Gasteiger partial charge in [0.2, 0.25) is 5.91 Å². The van der Waals surface area contributed by atoms with Crippen molar-refractivity contribution in [2.45, 2.75) is 38.8 Å². The molecule has 1 aliphatic heterocycles. The molecule has 1 aromatic heterocycles. The molecule has 1 aromatic carbocycles. The summed E-state index contributed by atoms with van der Waals surface area (Å²) in [5.74, 6) is -0.547. The molecule has 6 heteroatoms. The topological polar surface area (TPSA) is 85.4 Å². The zero-order valence-corrected chi connectivity index (χ0v) is 13.8. The maximum absolute atomic E-state index is 12.1. The van der Waals surface area contributed by atoms with Crippen LogP contribution in [0.15, 0.2) is 24.3 Å². The summed E-state index contributed by atoms with van der Waals surface area (Å²) >= 11 is 0. The van der Waals surface area contributed by atoms with Crippen molar-refractivity contribution in [2.75, 3.05) is 13.1 Å². The number of amides is 2. The third-order valence-corrected chi connectivity index (χ3v) is 4.40. The average Bonchev–Trinajstić information content (AvgIpc) is 2.86. The van der Waals surface area contributed by atoms with Gasteiger partial charge in [0.1, 0.15) is 6.10 Å². The Kier molecular flexibility index (Phi) is 4.85.